The zero-order valence-corrected chi connectivity index (χ0v) is 13.0. The number of carbonyl (C=O) groups is 2. The Morgan fingerprint density at radius 2 is 1.83 bits per heavy atom. The Hall–Kier alpha value is -3.09. The van der Waals surface area contributed by atoms with Gasteiger partial charge in [-0.05, 0) is 31.2 Å². The summed E-state index contributed by atoms with van der Waals surface area (Å²) < 4.78 is 16.0. The molecule has 1 aromatic heterocycles. The number of aromatic nitrogens is 1. The van der Waals surface area contributed by atoms with Crippen molar-refractivity contribution in [2.45, 2.75) is 13.0 Å². The first-order valence-electron chi connectivity index (χ1n) is 7.45. The monoisotopic (exact) mass is 328 g/mol. The molecule has 24 heavy (non-hydrogen) atoms. The van der Waals surface area contributed by atoms with Crippen LogP contribution in [-0.2, 0) is 9.53 Å². The Balaban J connectivity index is 1.61. The summed E-state index contributed by atoms with van der Waals surface area (Å²) in [5.41, 5.74) is 0.875. The lowest BCUT2D eigenvalue weighted by atomic mass is 10.2. The molecular formula is C17H16N2O5. The fourth-order valence-electron chi connectivity index (χ4n) is 2.14. The molecule has 0 aliphatic carbocycles. The van der Waals surface area contributed by atoms with Crippen LogP contribution in [0.25, 0.3) is 0 Å². The number of nitrogens with zero attached hydrogens (tertiary/aromatic N) is 1. The highest BCUT2D eigenvalue weighted by Gasteiger charge is 2.20. The predicted molar refractivity (Wildman–Crippen MR) is 85.2 cm³/mol. The minimum Gasteiger partial charge on any atom is -0.486 e. The number of nitrogens with one attached hydrogen (secondary N) is 1. The van der Waals surface area contributed by atoms with Crippen LogP contribution in [0.3, 0.4) is 0 Å². The molecule has 0 bridgehead atoms. The van der Waals surface area contributed by atoms with E-state index in [4.69, 9.17) is 14.2 Å². The molecule has 1 aliphatic heterocycles. The van der Waals surface area contributed by atoms with Crippen molar-refractivity contribution >= 4 is 17.6 Å². The number of carbonyl (C=O) groups excluding carboxylic acids is 2. The zero-order valence-electron chi connectivity index (χ0n) is 13.0. The van der Waals surface area contributed by atoms with Gasteiger partial charge in [0, 0.05) is 24.1 Å². The predicted octanol–water partition coefficient (Wildman–Crippen LogP) is 2.04. The number of amides is 1. The van der Waals surface area contributed by atoms with Gasteiger partial charge in [0.1, 0.15) is 13.2 Å². The van der Waals surface area contributed by atoms with Crippen LogP contribution in [0.2, 0.25) is 0 Å². The second-order valence-electron chi connectivity index (χ2n) is 5.13. The Bertz CT molecular complexity index is 748. The van der Waals surface area contributed by atoms with Gasteiger partial charge in [-0.25, -0.2) is 4.79 Å². The van der Waals surface area contributed by atoms with Crippen molar-refractivity contribution in [2.24, 2.45) is 0 Å². The highest BCUT2D eigenvalue weighted by Crippen LogP contribution is 2.32. The van der Waals surface area contributed by atoms with Crippen LogP contribution < -0.4 is 14.8 Å². The van der Waals surface area contributed by atoms with E-state index in [1.54, 1.807) is 18.2 Å². The standard InChI is InChI=1S/C17H16N2O5/c1-11(24-17(21)12-4-6-18-7-5-12)16(20)19-13-2-3-14-15(10-13)23-9-8-22-14/h2-7,10-11H,8-9H2,1H3,(H,19,20)/t11-/m1/s1. The Kier molecular flexibility index (Phi) is 4.60. The third-order valence-electron chi connectivity index (χ3n) is 3.38. The molecule has 0 spiro atoms. The molecular weight excluding hydrogens is 312 g/mol. The molecule has 124 valence electrons. The summed E-state index contributed by atoms with van der Waals surface area (Å²) in [6.45, 7) is 2.47. The van der Waals surface area contributed by atoms with Crippen molar-refractivity contribution in [3.05, 3.63) is 48.3 Å². The van der Waals surface area contributed by atoms with Crippen molar-refractivity contribution in [1.29, 1.82) is 0 Å². The number of hydrogen-bond donors (Lipinski definition) is 1. The van der Waals surface area contributed by atoms with Crippen molar-refractivity contribution < 1.29 is 23.8 Å². The van der Waals surface area contributed by atoms with Crippen molar-refractivity contribution in [1.82, 2.24) is 4.98 Å². The van der Waals surface area contributed by atoms with Crippen LogP contribution >= 0.6 is 0 Å². The van der Waals surface area contributed by atoms with E-state index in [0.717, 1.165) is 0 Å². The quantitative estimate of drug-likeness (QED) is 0.864. The maximum Gasteiger partial charge on any atom is 0.339 e. The van der Waals surface area contributed by atoms with Crippen molar-refractivity contribution in [2.75, 3.05) is 18.5 Å². The lowest BCUT2D eigenvalue weighted by molar-refractivity contribution is -0.123. The summed E-state index contributed by atoms with van der Waals surface area (Å²) in [5, 5.41) is 2.68. The SMILES string of the molecule is C[C@@H](OC(=O)c1ccncc1)C(=O)Nc1ccc2c(c1)OCCO2. The molecule has 1 aliphatic rings. The number of hydrogen-bond acceptors (Lipinski definition) is 6. The van der Waals surface area contributed by atoms with Gasteiger partial charge < -0.3 is 19.5 Å². The van der Waals surface area contributed by atoms with Crippen LogP contribution in [0, 0.1) is 0 Å². The lowest BCUT2D eigenvalue weighted by Crippen LogP contribution is -2.30. The normalized spacial score (nSPS) is 13.7. The van der Waals surface area contributed by atoms with Crippen LogP contribution in [-0.4, -0.2) is 36.2 Å². The van der Waals surface area contributed by atoms with E-state index < -0.39 is 18.0 Å². The van der Waals surface area contributed by atoms with Crippen LogP contribution in [0.5, 0.6) is 11.5 Å². The number of ether oxygens (including phenoxy) is 3. The summed E-state index contributed by atoms with van der Waals surface area (Å²) in [4.78, 5) is 27.9. The first-order valence-corrected chi connectivity index (χ1v) is 7.45. The minimum absolute atomic E-state index is 0.337. The molecule has 0 radical (unpaired) electrons. The fraction of sp³-hybridized carbons (Fsp3) is 0.235. The van der Waals surface area contributed by atoms with E-state index in [1.807, 2.05) is 0 Å². The summed E-state index contributed by atoms with van der Waals surface area (Å²) in [7, 11) is 0. The third-order valence-corrected chi connectivity index (χ3v) is 3.38. The molecule has 1 N–H and O–H groups in total. The number of esters is 1. The van der Waals surface area contributed by atoms with Crippen LogP contribution in [0.15, 0.2) is 42.7 Å². The molecule has 0 fully saturated rings. The molecule has 7 nitrogen and oxygen atoms in total. The van der Waals surface area contributed by atoms with E-state index in [2.05, 4.69) is 10.3 Å². The average molecular weight is 328 g/mol. The second kappa shape index (κ2) is 6.99. The summed E-state index contributed by atoms with van der Waals surface area (Å²) in [6, 6.07) is 8.13. The molecule has 1 amide bonds. The molecule has 2 aromatic rings. The van der Waals surface area contributed by atoms with E-state index in [9.17, 15) is 9.59 Å². The largest absolute Gasteiger partial charge is 0.486 e. The van der Waals surface area contributed by atoms with Crippen molar-refractivity contribution in [3.8, 4) is 11.5 Å². The Labute approximate surface area is 138 Å². The number of fused-ring (bicyclic) bond motifs is 1. The van der Waals surface area contributed by atoms with Gasteiger partial charge in [0.2, 0.25) is 0 Å². The van der Waals surface area contributed by atoms with Crippen LogP contribution in [0.4, 0.5) is 5.69 Å². The lowest BCUT2D eigenvalue weighted by Gasteiger charge is -2.19. The number of pyridine rings is 1. The molecule has 1 aromatic carbocycles. The highest BCUT2D eigenvalue weighted by molar-refractivity contribution is 5.97. The van der Waals surface area contributed by atoms with Crippen LogP contribution in [0.1, 0.15) is 17.3 Å². The molecule has 1 atom stereocenters. The van der Waals surface area contributed by atoms with Gasteiger partial charge >= 0.3 is 5.97 Å². The molecule has 3 rings (SSSR count). The molecule has 7 heteroatoms. The average Bonchev–Trinajstić information content (AvgIpc) is 2.62. The van der Waals surface area contributed by atoms with Gasteiger partial charge in [-0.1, -0.05) is 0 Å². The zero-order chi connectivity index (χ0) is 16.9. The summed E-state index contributed by atoms with van der Waals surface area (Å²) in [6.07, 6.45) is 2.02. The first-order chi connectivity index (χ1) is 11.6. The highest BCUT2D eigenvalue weighted by atomic mass is 16.6. The van der Waals surface area contributed by atoms with E-state index in [0.29, 0.717) is 36.0 Å². The topological polar surface area (TPSA) is 86.8 Å². The van der Waals surface area contributed by atoms with Gasteiger partial charge in [0.25, 0.3) is 5.91 Å². The number of benzene rings is 1. The minimum atomic E-state index is -0.945. The fourth-order valence-corrected chi connectivity index (χ4v) is 2.14. The number of anilines is 1. The maximum atomic E-state index is 12.2. The van der Waals surface area contributed by atoms with Crippen molar-refractivity contribution in [3.63, 3.8) is 0 Å². The van der Waals surface area contributed by atoms with Gasteiger partial charge in [0.15, 0.2) is 17.6 Å². The van der Waals surface area contributed by atoms with Gasteiger partial charge in [0.05, 0.1) is 5.56 Å². The smallest absolute Gasteiger partial charge is 0.339 e. The molecule has 2 heterocycles. The first kappa shape index (κ1) is 15.8. The second-order valence-corrected chi connectivity index (χ2v) is 5.13. The van der Waals surface area contributed by atoms with Gasteiger partial charge in [-0.2, -0.15) is 0 Å². The Morgan fingerprint density at radius 3 is 2.58 bits per heavy atom. The van der Waals surface area contributed by atoms with Gasteiger partial charge in [-0.3, -0.25) is 9.78 Å². The van der Waals surface area contributed by atoms with Gasteiger partial charge in [-0.15, -0.1) is 0 Å². The van der Waals surface area contributed by atoms with E-state index in [1.165, 1.54) is 31.5 Å². The third kappa shape index (κ3) is 3.62. The molecule has 0 saturated carbocycles. The molecule has 0 unspecified atom stereocenters. The molecule has 0 saturated heterocycles. The summed E-state index contributed by atoms with van der Waals surface area (Å²) >= 11 is 0. The Morgan fingerprint density at radius 1 is 1.12 bits per heavy atom. The summed E-state index contributed by atoms with van der Waals surface area (Å²) in [5.74, 6) is 0.188. The number of rotatable bonds is 4. The van der Waals surface area contributed by atoms with E-state index in [-0.39, 0.29) is 0 Å². The van der Waals surface area contributed by atoms with E-state index >= 15 is 0 Å². The maximum absolute atomic E-state index is 12.2.